The van der Waals surface area contributed by atoms with Crippen LogP contribution in [-0.4, -0.2) is 13.0 Å². The van der Waals surface area contributed by atoms with Gasteiger partial charge in [-0.15, -0.1) is 0 Å². The smallest absolute Gasteiger partial charge is 0.282 e. The van der Waals surface area contributed by atoms with E-state index in [9.17, 15) is 8.42 Å². The summed E-state index contributed by atoms with van der Waals surface area (Å²) >= 11 is 0. The third-order valence-corrected chi connectivity index (χ3v) is 2.94. The Morgan fingerprint density at radius 2 is 2.07 bits per heavy atom. The molecule has 1 N–H and O–H groups in total. The second-order valence-electron chi connectivity index (χ2n) is 3.72. The number of hydrogen-bond donors (Lipinski definition) is 1. The highest BCUT2D eigenvalue weighted by Gasteiger charge is 2.14. The minimum atomic E-state index is -4.14. The van der Waals surface area contributed by atoms with Crippen molar-refractivity contribution < 1.29 is 13.0 Å². The van der Waals surface area contributed by atoms with Crippen LogP contribution in [0.15, 0.2) is 35.2 Å². The molecule has 0 spiro atoms. The van der Waals surface area contributed by atoms with Crippen molar-refractivity contribution in [1.29, 1.82) is 0 Å². The quantitative estimate of drug-likeness (QED) is 0.636. The summed E-state index contributed by atoms with van der Waals surface area (Å²) in [5, 5.41) is 0. The van der Waals surface area contributed by atoms with Gasteiger partial charge in [-0.2, -0.15) is 8.42 Å². The van der Waals surface area contributed by atoms with E-state index < -0.39 is 10.1 Å². The average molecular weight is 226 g/mol. The van der Waals surface area contributed by atoms with Crippen molar-refractivity contribution >= 4 is 10.1 Å². The molecule has 0 aromatic heterocycles. The topological polar surface area (TPSA) is 54.4 Å². The Balaban J connectivity index is 3.33. The zero-order chi connectivity index (χ0) is 11.6. The van der Waals surface area contributed by atoms with Crippen molar-refractivity contribution in [3.05, 3.63) is 41.5 Å². The second kappa shape index (κ2) is 4.16. The summed E-state index contributed by atoms with van der Waals surface area (Å²) in [6.07, 6.45) is 0.455. The summed E-state index contributed by atoms with van der Waals surface area (Å²) < 4.78 is 31.2. The summed E-state index contributed by atoms with van der Waals surface area (Å²) in [4.78, 5) is -0.0314. The molecular formula is C11H14O3S. The lowest BCUT2D eigenvalue weighted by Gasteiger charge is -2.07. The molecule has 3 nitrogen and oxygen atoms in total. The van der Waals surface area contributed by atoms with Crippen LogP contribution in [0.4, 0.5) is 0 Å². The molecule has 0 amide bonds. The predicted octanol–water partition coefficient (Wildman–Crippen LogP) is 2.36. The number of allylic oxidation sites excluding steroid dienone is 1. The Labute approximate surface area is 90.2 Å². The van der Waals surface area contributed by atoms with Gasteiger partial charge in [0, 0.05) is 0 Å². The van der Waals surface area contributed by atoms with Gasteiger partial charge in [-0.25, -0.2) is 0 Å². The van der Waals surface area contributed by atoms with Gasteiger partial charge in [0.15, 0.2) is 0 Å². The van der Waals surface area contributed by atoms with Crippen molar-refractivity contribution in [3.8, 4) is 0 Å². The summed E-state index contributed by atoms with van der Waals surface area (Å²) in [5.41, 5.74) is 2.40. The predicted molar refractivity (Wildman–Crippen MR) is 59.5 cm³/mol. The van der Waals surface area contributed by atoms with Crippen molar-refractivity contribution in [1.82, 2.24) is 0 Å². The standard InChI is InChI=1S/C11H14O3S/c1-8(2)6-10-7-9(3)4-5-11(10)15(12,13)14/h4-5,7H,1,6H2,2-3H3,(H,12,13,14). The Morgan fingerprint density at radius 3 is 2.53 bits per heavy atom. The van der Waals surface area contributed by atoms with E-state index in [1.807, 2.05) is 13.8 Å². The average Bonchev–Trinajstić information content (AvgIpc) is 1.99. The largest absolute Gasteiger partial charge is 0.294 e. The Hall–Kier alpha value is -1.13. The molecular weight excluding hydrogens is 212 g/mol. The van der Waals surface area contributed by atoms with E-state index in [-0.39, 0.29) is 4.90 Å². The zero-order valence-corrected chi connectivity index (χ0v) is 9.63. The number of aryl methyl sites for hydroxylation is 1. The van der Waals surface area contributed by atoms with Crippen LogP contribution in [0, 0.1) is 6.92 Å². The van der Waals surface area contributed by atoms with Crippen LogP contribution in [0.2, 0.25) is 0 Å². The minimum absolute atomic E-state index is 0.0314. The first-order valence-corrected chi connectivity index (χ1v) is 5.96. The third-order valence-electron chi connectivity index (χ3n) is 1.99. The van der Waals surface area contributed by atoms with Gasteiger partial charge in [0.25, 0.3) is 10.1 Å². The van der Waals surface area contributed by atoms with Gasteiger partial charge >= 0.3 is 0 Å². The molecule has 1 aromatic carbocycles. The summed E-state index contributed by atoms with van der Waals surface area (Å²) in [7, 11) is -4.14. The molecule has 0 aliphatic carbocycles. The SMILES string of the molecule is C=C(C)Cc1cc(C)ccc1S(=O)(=O)O. The van der Waals surface area contributed by atoms with Gasteiger partial charge in [0.1, 0.15) is 0 Å². The molecule has 0 bridgehead atoms. The first-order chi connectivity index (χ1) is 6.80. The molecule has 0 aliphatic rings. The highest BCUT2D eigenvalue weighted by molar-refractivity contribution is 7.85. The van der Waals surface area contributed by atoms with E-state index in [0.717, 1.165) is 11.1 Å². The van der Waals surface area contributed by atoms with Gasteiger partial charge < -0.3 is 0 Å². The van der Waals surface area contributed by atoms with Gasteiger partial charge in [0.05, 0.1) is 4.90 Å². The van der Waals surface area contributed by atoms with E-state index in [4.69, 9.17) is 4.55 Å². The molecule has 1 aromatic rings. The zero-order valence-electron chi connectivity index (χ0n) is 8.82. The number of hydrogen-bond acceptors (Lipinski definition) is 2. The van der Waals surface area contributed by atoms with Crippen LogP contribution in [-0.2, 0) is 16.5 Å². The molecule has 4 heteroatoms. The van der Waals surface area contributed by atoms with Crippen LogP contribution in [0.3, 0.4) is 0 Å². The van der Waals surface area contributed by atoms with Crippen LogP contribution in [0.5, 0.6) is 0 Å². The highest BCUT2D eigenvalue weighted by Crippen LogP contribution is 2.19. The third kappa shape index (κ3) is 3.18. The minimum Gasteiger partial charge on any atom is -0.282 e. The van der Waals surface area contributed by atoms with E-state index in [1.165, 1.54) is 6.07 Å². The molecule has 0 radical (unpaired) electrons. The fourth-order valence-corrected chi connectivity index (χ4v) is 2.13. The van der Waals surface area contributed by atoms with Crippen LogP contribution in [0.25, 0.3) is 0 Å². The maximum Gasteiger partial charge on any atom is 0.294 e. The Bertz CT molecular complexity index is 487. The summed E-state index contributed by atoms with van der Waals surface area (Å²) in [6, 6.07) is 4.83. The molecule has 15 heavy (non-hydrogen) atoms. The molecule has 0 heterocycles. The van der Waals surface area contributed by atoms with Crippen molar-refractivity contribution in [2.75, 3.05) is 0 Å². The number of rotatable bonds is 3. The monoisotopic (exact) mass is 226 g/mol. The van der Waals surface area contributed by atoms with Gasteiger partial charge in [-0.05, 0) is 31.9 Å². The maximum absolute atomic E-state index is 11.1. The van der Waals surface area contributed by atoms with Crippen LogP contribution >= 0.6 is 0 Å². The summed E-state index contributed by atoms with van der Waals surface area (Å²) in [5.74, 6) is 0. The fraction of sp³-hybridized carbons (Fsp3) is 0.273. The molecule has 0 fully saturated rings. The normalized spacial score (nSPS) is 11.4. The fourth-order valence-electron chi connectivity index (χ4n) is 1.42. The Kier molecular flexibility index (Phi) is 3.31. The van der Waals surface area contributed by atoms with Crippen molar-refractivity contribution in [2.45, 2.75) is 25.2 Å². The van der Waals surface area contributed by atoms with Crippen LogP contribution in [0.1, 0.15) is 18.1 Å². The molecule has 0 unspecified atom stereocenters. The number of benzene rings is 1. The molecule has 82 valence electrons. The van der Waals surface area contributed by atoms with Crippen molar-refractivity contribution in [3.63, 3.8) is 0 Å². The first kappa shape index (κ1) is 11.9. The molecule has 0 aliphatic heterocycles. The molecule has 0 atom stereocenters. The molecule has 0 saturated carbocycles. The van der Waals surface area contributed by atoms with E-state index in [2.05, 4.69) is 6.58 Å². The van der Waals surface area contributed by atoms with E-state index in [0.29, 0.717) is 12.0 Å². The lowest BCUT2D eigenvalue weighted by molar-refractivity contribution is 0.482. The van der Waals surface area contributed by atoms with Crippen LogP contribution < -0.4 is 0 Å². The van der Waals surface area contributed by atoms with Gasteiger partial charge in [0.2, 0.25) is 0 Å². The second-order valence-corrected chi connectivity index (χ2v) is 5.11. The first-order valence-electron chi connectivity index (χ1n) is 4.52. The molecule has 1 rings (SSSR count). The lowest BCUT2D eigenvalue weighted by Crippen LogP contribution is -2.04. The summed E-state index contributed by atoms with van der Waals surface area (Å²) in [6.45, 7) is 7.41. The highest BCUT2D eigenvalue weighted by atomic mass is 32.2. The lowest BCUT2D eigenvalue weighted by atomic mass is 10.1. The van der Waals surface area contributed by atoms with E-state index >= 15 is 0 Å². The molecule has 0 saturated heterocycles. The Morgan fingerprint density at radius 1 is 1.47 bits per heavy atom. The van der Waals surface area contributed by atoms with E-state index in [1.54, 1.807) is 12.1 Å². The van der Waals surface area contributed by atoms with Gasteiger partial charge in [-0.3, -0.25) is 4.55 Å². The maximum atomic E-state index is 11.1. The van der Waals surface area contributed by atoms with Gasteiger partial charge in [-0.1, -0.05) is 29.8 Å². The van der Waals surface area contributed by atoms with Crippen molar-refractivity contribution in [2.24, 2.45) is 0 Å².